The Morgan fingerprint density at radius 3 is 2.31 bits per heavy atom. The topological polar surface area (TPSA) is 202 Å². The molecule has 206 valence electrons. The molecule has 0 spiro atoms. The Morgan fingerprint density at radius 1 is 1.11 bits per heavy atom. The minimum absolute atomic E-state index is 0.0462. The largest absolute Gasteiger partial charge is 0.471 e. The number of carbonyl (C=O) groups excluding carboxylic acids is 2. The summed E-state index contributed by atoms with van der Waals surface area (Å²) >= 11 is 0. The van der Waals surface area contributed by atoms with Crippen LogP contribution >= 0.6 is 7.82 Å². The molecule has 1 saturated heterocycles. The van der Waals surface area contributed by atoms with Gasteiger partial charge in [-0.05, 0) is 12.3 Å². The quantitative estimate of drug-likeness (QED) is 0.134. The molecule has 1 aliphatic heterocycles. The van der Waals surface area contributed by atoms with Crippen LogP contribution in [0.25, 0.3) is 0 Å². The number of amides is 2. The molecule has 0 aromatic rings. The third kappa shape index (κ3) is 10.8. The first-order valence-corrected chi connectivity index (χ1v) is 12.7. The highest BCUT2D eigenvalue weighted by atomic mass is 31.2. The van der Waals surface area contributed by atoms with Gasteiger partial charge in [-0.3, -0.25) is 18.6 Å². The molecule has 1 aliphatic rings. The summed E-state index contributed by atoms with van der Waals surface area (Å²) in [4.78, 5) is 33.5. The van der Waals surface area contributed by atoms with E-state index >= 15 is 0 Å². The fourth-order valence-corrected chi connectivity index (χ4v) is 4.04. The molecule has 0 bridgehead atoms. The first-order chi connectivity index (χ1) is 16.3. The van der Waals surface area contributed by atoms with Crippen LogP contribution in [0.15, 0.2) is 0 Å². The number of carbonyl (C=O) groups is 2. The molecular formula is C20H39N2O12P. The lowest BCUT2D eigenvalue weighted by Crippen LogP contribution is -2.64. The number of aliphatic hydroxyl groups excluding tert-OH is 3. The molecule has 1 heterocycles. The van der Waals surface area contributed by atoms with Crippen LogP contribution in [-0.4, -0.2) is 109 Å². The van der Waals surface area contributed by atoms with Crippen LogP contribution in [0.3, 0.4) is 0 Å². The molecule has 14 nitrogen and oxygen atoms in total. The van der Waals surface area contributed by atoms with Crippen LogP contribution in [0.2, 0.25) is 0 Å². The van der Waals surface area contributed by atoms with Crippen molar-refractivity contribution in [3.63, 3.8) is 0 Å². The molecule has 1 fully saturated rings. The Hall–Kier alpha value is -1.19. The second kappa shape index (κ2) is 15.2. The fourth-order valence-electron chi connectivity index (χ4n) is 3.56. The van der Waals surface area contributed by atoms with E-state index in [4.69, 9.17) is 18.7 Å². The van der Waals surface area contributed by atoms with Crippen molar-refractivity contribution in [3.05, 3.63) is 0 Å². The number of hydrogen-bond donors (Lipinski definition) is 6. The van der Waals surface area contributed by atoms with Gasteiger partial charge in [-0.25, -0.2) is 4.57 Å². The van der Waals surface area contributed by atoms with Gasteiger partial charge in [0.2, 0.25) is 11.8 Å². The number of nitrogens with one attached hydrogen (secondary N) is 2. The van der Waals surface area contributed by atoms with Gasteiger partial charge in [0, 0.05) is 27.1 Å². The highest BCUT2D eigenvalue weighted by molar-refractivity contribution is 7.47. The van der Waals surface area contributed by atoms with Crippen molar-refractivity contribution in [2.45, 2.75) is 63.9 Å². The predicted molar refractivity (Wildman–Crippen MR) is 121 cm³/mol. The SMILES string of the molecule is COCC(COP(=O)(O)OC)NC(=O)C(C)CC(C)COC1OC(CO)C(O)C(O)C1NC(C)=O. The Kier molecular flexibility index (Phi) is 13.8. The van der Waals surface area contributed by atoms with Gasteiger partial charge in [0.15, 0.2) is 6.29 Å². The maximum atomic E-state index is 12.6. The van der Waals surface area contributed by atoms with Crippen molar-refractivity contribution in [1.82, 2.24) is 10.6 Å². The van der Waals surface area contributed by atoms with E-state index in [1.165, 1.54) is 14.0 Å². The second-order valence-electron chi connectivity index (χ2n) is 8.62. The molecule has 6 N–H and O–H groups in total. The summed E-state index contributed by atoms with van der Waals surface area (Å²) in [6.07, 6.45) is -4.66. The van der Waals surface area contributed by atoms with Crippen LogP contribution < -0.4 is 10.6 Å². The minimum Gasteiger partial charge on any atom is -0.394 e. The van der Waals surface area contributed by atoms with Crippen LogP contribution in [0.1, 0.15) is 27.2 Å². The smallest absolute Gasteiger partial charge is 0.394 e. The number of hydrogen-bond acceptors (Lipinski definition) is 11. The lowest BCUT2D eigenvalue weighted by Gasteiger charge is -2.42. The van der Waals surface area contributed by atoms with E-state index in [9.17, 15) is 34.4 Å². The molecule has 0 saturated carbocycles. The zero-order valence-corrected chi connectivity index (χ0v) is 21.6. The number of ether oxygens (including phenoxy) is 3. The number of aliphatic hydroxyl groups is 3. The summed E-state index contributed by atoms with van der Waals surface area (Å²) in [5.74, 6) is -1.45. The number of methoxy groups -OCH3 is 1. The third-order valence-electron chi connectivity index (χ3n) is 5.38. The van der Waals surface area contributed by atoms with Crippen LogP contribution in [0.5, 0.6) is 0 Å². The van der Waals surface area contributed by atoms with Gasteiger partial charge in [0.25, 0.3) is 0 Å². The van der Waals surface area contributed by atoms with Gasteiger partial charge in [0.1, 0.15) is 24.4 Å². The van der Waals surface area contributed by atoms with E-state index in [0.29, 0.717) is 6.42 Å². The highest BCUT2D eigenvalue weighted by Gasteiger charge is 2.45. The Morgan fingerprint density at radius 2 is 1.77 bits per heavy atom. The van der Waals surface area contributed by atoms with E-state index in [0.717, 1.165) is 7.11 Å². The summed E-state index contributed by atoms with van der Waals surface area (Å²) in [5, 5.41) is 35.0. The Labute approximate surface area is 204 Å². The van der Waals surface area contributed by atoms with Gasteiger partial charge in [0.05, 0.1) is 32.5 Å². The van der Waals surface area contributed by atoms with Crippen LogP contribution in [-0.2, 0) is 37.4 Å². The summed E-state index contributed by atoms with van der Waals surface area (Å²) in [6, 6.07) is -1.74. The lowest BCUT2D eigenvalue weighted by atomic mass is 9.96. The van der Waals surface area contributed by atoms with Gasteiger partial charge >= 0.3 is 7.82 Å². The molecule has 35 heavy (non-hydrogen) atoms. The minimum atomic E-state index is -4.20. The maximum Gasteiger partial charge on any atom is 0.471 e. The molecule has 0 radical (unpaired) electrons. The Balaban J connectivity index is 2.64. The van der Waals surface area contributed by atoms with E-state index in [1.807, 2.05) is 6.92 Å². The second-order valence-corrected chi connectivity index (χ2v) is 10.2. The predicted octanol–water partition coefficient (Wildman–Crippen LogP) is -1.50. The first kappa shape index (κ1) is 31.8. The molecule has 15 heteroatoms. The highest BCUT2D eigenvalue weighted by Crippen LogP contribution is 2.41. The van der Waals surface area contributed by atoms with Crippen LogP contribution in [0.4, 0.5) is 0 Å². The summed E-state index contributed by atoms with van der Waals surface area (Å²) in [6.45, 7) is 4.05. The van der Waals surface area contributed by atoms with Crippen molar-refractivity contribution >= 4 is 19.6 Å². The summed E-state index contributed by atoms with van der Waals surface area (Å²) in [7, 11) is -1.76. The van der Waals surface area contributed by atoms with Crippen molar-refractivity contribution in [2.24, 2.45) is 11.8 Å². The number of phosphoric ester groups is 1. The Bertz CT molecular complexity index is 714. The van der Waals surface area contributed by atoms with E-state index in [1.54, 1.807) is 6.92 Å². The normalized spacial score (nSPS) is 29.0. The molecule has 0 aromatic heterocycles. The standard InChI is InChI=1S/C20H39N2O12P/c1-11(6-12(2)19(27)22-14(9-30-4)10-33-35(28,29)31-5)8-32-20-16(21-13(3)24)18(26)17(25)15(7-23)34-20/h11-12,14-18,20,23,25-26H,6-10H2,1-5H3,(H,21,24)(H,22,27)(H,28,29). The van der Waals surface area contributed by atoms with E-state index in [-0.39, 0.29) is 31.6 Å². The zero-order valence-electron chi connectivity index (χ0n) is 20.7. The van der Waals surface area contributed by atoms with Gasteiger partial charge < -0.3 is 45.1 Å². The first-order valence-electron chi connectivity index (χ1n) is 11.2. The summed E-state index contributed by atoms with van der Waals surface area (Å²) < 4.78 is 36.9. The zero-order chi connectivity index (χ0) is 26.8. The average molecular weight is 531 g/mol. The van der Waals surface area contributed by atoms with Crippen molar-refractivity contribution in [2.75, 3.05) is 40.6 Å². The molecule has 0 aromatic carbocycles. The van der Waals surface area contributed by atoms with Gasteiger partial charge in [-0.1, -0.05) is 13.8 Å². The molecule has 2 amide bonds. The van der Waals surface area contributed by atoms with Gasteiger partial charge in [-0.15, -0.1) is 0 Å². The molecule has 1 rings (SSSR count). The molecule has 9 unspecified atom stereocenters. The average Bonchev–Trinajstić information content (AvgIpc) is 2.79. The van der Waals surface area contributed by atoms with Crippen molar-refractivity contribution in [3.8, 4) is 0 Å². The maximum absolute atomic E-state index is 12.6. The monoisotopic (exact) mass is 530 g/mol. The van der Waals surface area contributed by atoms with Crippen molar-refractivity contribution in [1.29, 1.82) is 0 Å². The van der Waals surface area contributed by atoms with Gasteiger partial charge in [-0.2, -0.15) is 0 Å². The third-order valence-corrected chi connectivity index (χ3v) is 6.32. The van der Waals surface area contributed by atoms with E-state index < -0.39 is 62.9 Å². The summed E-state index contributed by atoms with van der Waals surface area (Å²) in [5.41, 5.74) is 0. The number of phosphoric acid groups is 1. The fraction of sp³-hybridized carbons (Fsp3) is 0.900. The lowest BCUT2D eigenvalue weighted by molar-refractivity contribution is -0.272. The van der Waals surface area contributed by atoms with Crippen LogP contribution in [0, 0.1) is 11.8 Å². The molecular weight excluding hydrogens is 491 g/mol. The molecule has 9 atom stereocenters. The van der Waals surface area contributed by atoms with Crippen molar-refractivity contribution < 1.29 is 57.6 Å². The van der Waals surface area contributed by atoms with E-state index in [2.05, 4.69) is 15.2 Å². The molecule has 0 aliphatic carbocycles. The number of rotatable bonds is 15.